The first kappa shape index (κ1) is 12.8. The quantitative estimate of drug-likeness (QED) is 0.891. The van der Waals surface area contributed by atoms with Crippen LogP contribution in [0.3, 0.4) is 0 Å². The molecule has 0 amide bonds. The van der Waals surface area contributed by atoms with E-state index in [1.807, 2.05) is 57.2 Å². The second kappa shape index (κ2) is 5.32. The third-order valence-electron chi connectivity index (χ3n) is 3.47. The molecule has 1 heterocycles. The second-order valence-corrected chi connectivity index (χ2v) is 4.79. The van der Waals surface area contributed by atoms with E-state index in [9.17, 15) is 5.11 Å². The van der Waals surface area contributed by atoms with Crippen LogP contribution in [-0.4, -0.2) is 10.1 Å². The smallest absolute Gasteiger partial charge is 0.0876 e. The monoisotopic (exact) mass is 241 g/mol. The van der Waals surface area contributed by atoms with Crippen molar-refractivity contribution in [1.29, 1.82) is 0 Å². The summed E-state index contributed by atoms with van der Waals surface area (Å²) in [7, 11) is 0. The zero-order valence-corrected chi connectivity index (χ0v) is 11.1. The molecule has 0 spiro atoms. The summed E-state index contributed by atoms with van der Waals surface area (Å²) in [6, 6.07) is 11.9. The van der Waals surface area contributed by atoms with E-state index in [4.69, 9.17) is 0 Å². The van der Waals surface area contributed by atoms with E-state index in [1.54, 1.807) is 6.20 Å². The summed E-state index contributed by atoms with van der Waals surface area (Å²) in [4.78, 5) is 4.32. The highest BCUT2D eigenvalue weighted by Crippen LogP contribution is 2.32. The minimum atomic E-state index is -0.513. The summed E-state index contributed by atoms with van der Waals surface area (Å²) in [5, 5.41) is 10.6. The van der Waals surface area contributed by atoms with Crippen molar-refractivity contribution in [3.63, 3.8) is 0 Å². The summed E-state index contributed by atoms with van der Waals surface area (Å²) < 4.78 is 0. The number of rotatable bonds is 3. The maximum Gasteiger partial charge on any atom is 0.0876 e. The van der Waals surface area contributed by atoms with Crippen molar-refractivity contribution in [2.24, 2.45) is 0 Å². The lowest BCUT2D eigenvalue weighted by Crippen LogP contribution is -2.11. The van der Waals surface area contributed by atoms with Gasteiger partial charge in [0.25, 0.3) is 0 Å². The Morgan fingerprint density at radius 3 is 2.22 bits per heavy atom. The molecular weight excluding hydrogens is 222 g/mol. The molecular formula is C16H19NO. The van der Waals surface area contributed by atoms with Crippen LogP contribution >= 0.6 is 0 Å². The fraction of sp³-hybridized carbons (Fsp3) is 0.312. The molecule has 0 aliphatic rings. The van der Waals surface area contributed by atoms with Gasteiger partial charge in [-0.25, -0.2) is 0 Å². The van der Waals surface area contributed by atoms with Crippen LogP contribution in [0.1, 0.15) is 41.3 Å². The van der Waals surface area contributed by atoms with E-state index < -0.39 is 6.10 Å². The largest absolute Gasteiger partial charge is 0.388 e. The first-order valence-corrected chi connectivity index (χ1v) is 6.26. The number of aryl methyl sites for hydroxylation is 2. The zero-order valence-electron chi connectivity index (χ0n) is 11.1. The standard InChI is InChI=1S/C16H19NO/c1-11-7-6-8-12(2)15(11)16(18)13(3)14-9-4-5-10-17-14/h4-10,13,16,18H,1-3H3. The Morgan fingerprint density at radius 1 is 1.00 bits per heavy atom. The van der Waals surface area contributed by atoms with Crippen molar-refractivity contribution in [2.45, 2.75) is 32.8 Å². The lowest BCUT2D eigenvalue weighted by Gasteiger charge is -2.22. The maximum absolute atomic E-state index is 10.6. The number of aromatic nitrogens is 1. The molecule has 1 N–H and O–H groups in total. The van der Waals surface area contributed by atoms with E-state index in [2.05, 4.69) is 4.98 Å². The molecule has 1 aromatic heterocycles. The fourth-order valence-corrected chi connectivity index (χ4v) is 2.35. The molecule has 94 valence electrons. The molecule has 0 aliphatic carbocycles. The first-order valence-electron chi connectivity index (χ1n) is 6.26. The third-order valence-corrected chi connectivity index (χ3v) is 3.47. The van der Waals surface area contributed by atoms with Gasteiger partial charge in [-0.15, -0.1) is 0 Å². The predicted molar refractivity (Wildman–Crippen MR) is 73.5 cm³/mol. The SMILES string of the molecule is Cc1cccc(C)c1C(O)C(C)c1ccccn1. The molecule has 18 heavy (non-hydrogen) atoms. The lowest BCUT2D eigenvalue weighted by atomic mass is 9.89. The van der Waals surface area contributed by atoms with Crippen molar-refractivity contribution < 1.29 is 5.11 Å². The highest BCUT2D eigenvalue weighted by Gasteiger charge is 2.21. The molecule has 2 aromatic rings. The maximum atomic E-state index is 10.6. The van der Waals surface area contributed by atoms with E-state index in [0.717, 1.165) is 22.4 Å². The van der Waals surface area contributed by atoms with Crippen LogP contribution in [0.4, 0.5) is 0 Å². The molecule has 2 nitrogen and oxygen atoms in total. The summed E-state index contributed by atoms with van der Waals surface area (Å²) in [5.74, 6) is -0.00833. The van der Waals surface area contributed by atoms with E-state index in [0.29, 0.717) is 0 Å². The highest BCUT2D eigenvalue weighted by molar-refractivity contribution is 5.36. The van der Waals surface area contributed by atoms with E-state index in [-0.39, 0.29) is 5.92 Å². The summed E-state index contributed by atoms with van der Waals surface area (Å²) in [6.45, 7) is 6.09. The minimum absolute atomic E-state index is 0.00833. The van der Waals surface area contributed by atoms with Gasteiger partial charge in [0.15, 0.2) is 0 Å². The molecule has 0 bridgehead atoms. The average Bonchev–Trinajstić information content (AvgIpc) is 2.38. The van der Waals surface area contributed by atoms with Crippen LogP contribution in [0.5, 0.6) is 0 Å². The number of aliphatic hydroxyl groups is 1. The van der Waals surface area contributed by atoms with Gasteiger partial charge in [-0.3, -0.25) is 4.98 Å². The van der Waals surface area contributed by atoms with Crippen molar-refractivity contribution in [3.05, 3.63) is 65.0 Å². The molecule has 2 unspecified atom stereocenters. The number of benzene rings is 1. The Balaban J connectivity index is 2.34. The van der Waals surface area contributed by atoms with Gasteiger partial charge in [-0.05, 0) is 42.7 Å². The van der Waals surface area contributed by atoms with Gasteiger partial charge in [0.1, 0.15) is 0 Å². The van der Waals surface area contributed by atoms with Gasteiger partial charge < -0.3 is 5.11 Å². The van der Waals surface area contributed by atoms with E-state index >= 15 is 0 Å². The van der Waals surface area contributed by atoms with E-state index in [1.165, 1.54) is 0 Å². The predicted octanol–water partition coefficient (Wildman–Crippen LogP) is 3.54. The molecule has 2 heteroatoms. The van der Waals surface area contributed by atoms with Gasteiger partial charge in [0.05, 0.1) is 6.10 Å². The zero-order chi connectivity index (χ0) is 13.1. The topological polar surface area (TPSA) is 33.1 Å². The number of nitrogens with zero attached hydrogens (tertiary/aromatic N) is 1. The van der Waals surface area contributed by atoms with Gasteiger partial charge in [0.2, 0.25) is 0 Å². The Kier molecular flexibility index (Phi) is 3.78. The van der Waals surface area contributed by atoms with Crippen molar-refractivity contribution in [1.82, 2.24) is 4.98 Å². The molecule has 2 rings (SSSR count). The minimum Gasteiger partial charge on any atom is -0.388 e. The lowest BCUT2D eigenvalue weighted by molar-refractivity contribution is 0.148. The summed E-state index contributed by atoms with van der Waals surface area (Å²) in [5.41, 5.74) is 4.21. The summed E-state index contributed by atoms with van der Waals surface area (Å²) >= 11 is 0. The Bertz CT molecular complexity index is 502. The van der Waals surface area contributed by atoms with Gasteiger partial charge in [-0.2, -0.15) is 0 Å². The Labute approximate surface area is 108 Å². The van der Waals surface area contributed by atoms with Crippen LogP contribution in [0, 0.1) is 13.8 Å². The van der Waals surface area contributed by atoms with Crippen molar-refractivity contribution in [2.75, 3.05) is 0 Å². The number of pyridine rings is 1. The molecule has 0 radical (unpaired) electrons. The molecule has 0 aliphatic heterocycles. The Morgan fingerprint density at radius 2 is 1.67 bits per heavy atom. The normalized spacial score (nSPS) is 14.2. The third kappa shape index (κ3) is 2.44. The molecule has 2 atom stereocenters. The Hall–Kier alpha value is -1.67. The van der Waals surface area contributed by atoms with Crippen LogP contribution < -0.4 is 0 Å². The molecule has 0 saturated heterocycles. The van der Waals surface area contributed by atoms with Gasteiger partial charge in [0, 0.05) is 17.8 Å². The number of hydrogen-bond acceptors (Lipinski definition) is 2. The number of hydrogen-bond donors (Lipinski definition) is 1. The van der Waals surface area contributed by atoms with Crippen LogP contribution in [0.2, 0.25) is 0 Å². The highest BCUT2D eigenvalue weighted by atomic mass is 16.3. The second-order valence-electron chi connectivity index (χ2n) is 4.79. The average molecular weight is 241 g/mol. The first-order chi connectivity index (χ1) is 8.61. The van der Waals surface area contributed by atoms with Gasteiger partial charge >= 0.3 is 0 Å². The van der Waals surface area contributed by atoms with Crippen molar-refractivity contribution in [3.8, 4) is 0 Å². The molecule has 1 aromatic carbocycles. The molecule has 0 fully saturated rings. The van der Waals surface area contributed by atoms with Crippen LogP contribution in [-0.2, 0) is 0 Å². The van der Waals surface area contributed by atoms with Crippen molar-refractivity contribution >= 4 is 0 Å². The molecule has 0 saturated carbocycles. The fourth-order valence-electron chi connectivity index (χ4n) is 2.35. The van der Waals surface area contributed by atoms with Gasteiger partial charge in [-0.1, -0.05) is 31.2 Å². The van der Waals surface area contributed by atoms with Crippen LogP contribution in [0.15, 0.2) is 42.6 Å². The van der Waals surface area contributed by atoms with Crippen LogP contribution in [0.25, 0.3) is 0 Å². The summed E-state index contributed by atoms with van der Waals surface area (Å²) in [6.07, 6.45) is 1.25. The number of aliphatic hydroxyl groups excluding tert-OH is 1.